The van der Waals surface area contributed by atoms with Crippen LogP contribution in [0, 0.1) is 6.92 Å². The van der Waals surface area contributed by atoms with E-state index in [-0.39, 0.29) is 0 Å². The van der Waals surface area contributed by atoms with Crippen molar-refractivity contribution in [1.82, 2.24) is 9.55 Å². The minimum absolute atomic E-state index is 0.369. The van der Waals surface area contributed by atoms with E-state index in [1.165, 1.54) is 21.5 Å². The van der Waals surface area contributed by atoms with Crippen molar-refractivity contribution < 1.29 is 0 Å². The maximum absolute atomic E-state index is 6.21. The lowest BCUT2D eigenvalue weighted by Crippen LogP contribution is -1.99. The van der Waals surface area contributed by atoms with Crippen molar-refractivity contribution >= 4 is 45.9 Å². The first-order valence-electron chi connectivity index (χ1n) is 8.54. The molecule has 0 radical (unpaired) electrons. The highest BCUT2D eigenvalue weighted by atomic mass is 35.5. The van der Waals surface area contributed by atoms with E-state index in [2.05, 4.69) is 43.3 Å². The van der Waals surface area contributed by atoms with Crippen molar-refractivity contribution in [1.29, 1.82) is 0 Å². The number of hydrogen-bond donors (Lipinski definition) is 0. The van der Waals surface area contributed by atoms with Gasteiger partial charge in [0.25, 0.3) is 0 Å². The highest BCUT2D eigenvalue weighted by molar-refractivity contribution is 7.99. The molecule has 2 aromatic heterocycles. The van der Waals surface area contributed by atoms with Crippen LogP contribution in [0.5, 0.6) is 0 Å². The zero-order valence-electron chi connectivity index (χ0n) is 14.9. The molecule has 2 nitrogen and oxygen atoms in total. The van der Waals surface area contributed by atoms with Gasteiger partial charge >= 0.3 is 0 Å². The Morgan fingerprint density at radius 3 is 2.56 bits per heavy atom. The predicted octanol–water partition coefficient (Wildman–Crippen LogP) is 7.34. The van der Waals surface area contributed by atoms with Crippen LogP contribution < -0.4 is 0 Å². The smallest absolute Gasteiger partial charge is 0.0603 e. The van der Waals surface area contributed by atoms with Crippen molar-refractivity contribution in [3.8, 4) is 0 Å². The summed E-state index contributed by atoms with van der Waals surface area (Å²) in [5.41, 5.74) is 3.70. The van der Waals surface area contributed by atoms with Crippen LogP contribution in [-0.4, -0.2) is 9.55 Å². The molecule has 1 aromatic carbocycles. The molecule has 0 N–H and O–H groups in total. The van der Waals surface area contributed by atoms with Gasteiger partial charge in [-0.15, -0.1) is 0 Å². The summed E-state index contributed by atoms with van der Waals surface area (Å²) in [6, 6.07) is 7.94. The predicted molar refractivity (Wildman–Crippen MR) is 109 cm³/mol. The van der Waals surface area contributed by atoms with Crippen LogP contribution in [0.25, 0.3) is 10.9 Å². The summed E-state index contributed by atoms with van der Waals surface area (Å²) in [4.78, 5) is 7.03. The summed E-state index contributed by atoms with van der Waals surface area (Å²) in [6.45, 7) is 9.80. The van der Waals surface area contributed by atoms with Crippen molar-refractivity contribution in [2.45, 2.75) is 56.4 Å². The van der Waals surface area contributed by atoms with Crippen LogP contribution in [0.2, 0.25) is 10.0 Å². The Kier molecular flexibility index (Phi) is 5.67. The summed E-state index contributed by atoms with van der Waals surface area (Å²) < 4.78 is 2.41. The molecule has 5 heteroatoms. The molecular weight excluding hydrogens is 371 g/mol. The summed E-state index contributed by atoms with van der Waals surface area (Å²) in [7, 11) is 0. The molecule has 132 valence electrons. The Labute approximate surface area is 163 Å². The SMILES string of the molecule is CCCn1c(C)c(Sc2ccc(Cl)c(Cl)c2)c2c(C(C)C)nccc21. The van der Waals surface area contributed by atoms with Crippen LogP contribution >= 0.6 is 35.0 Å². The van der Waals surface area contributed by atoms with Gasteiger partial charge in [-0.05, 0) is 43.5 Å². The second kappa shape index (κ2) is 7.61. The van der Waals surface area contributed by atoms with E-state index >= 15 is 0 Å². The van der Waals surface area contributed by atoms with Gasteiger partial charge in [-0.2, -0.15) is 0 Å². The molecule has 0 aliphatic rings. The normalized spacial score (nSPS) is 11.6. The zero-order valence-corrected chi connectivity index (χ0v) is 17.3. The molecule has 3 aromatic rings. The Morgan fingerprint density at radius 2 is 1.92 bits per heavy atom. The lowest BCUT2D eigenvalue weighted by Gasteiger charge is -2.09. The number of aryl methyl sites for hydroxylation is 1. The second-order valence-electron chi connectivity index (χ2n) is 6.49. The van der Waals surface area contributed by atoms with Gasteiger partial charge < -0.3 is 4.57 Å². The first-order valence-corrected chi connectivity index (χ1v) is 10.1. The number of rotatable bonds is 5. The van der Waals surface area contributed by atoms with Crippen LogP contribution in [0.1, 0.15) is 44.5 Å². The molecule has 0 saturated carbocycles. The number of halogens is 2. The molecule has 0 spiro atoms. The minimum Gasteiger partial charge on any atom is -0.344 e. The van der Waals surface area contributed by atoms with E-state index in [1.54, 1.807) is 11.8 Å². The van der Waals surface area contributed by atoms with Gasteiger partial charge in [0.15, 0.2) is 0 Å². The number of nitrogens with zero attached hydrogens (tertiary/aromatic N) is 2. The lowest BCUT2D eigenvalue weighted by molar-refractivity contribution is 0.680. The molecule has 0 aliphatic carbocycles. The first-order chi connectivity index (χ1) is 11.9. The maximum atomic E-state index is 6.21. The molecule has 2 heterocycles. The van der Waals surface area contributed by atoms with Gasteiger partial charge in [-0.3, -0.25) is 4.98 Å². The van der Waals surface area contributed by atoms with Gasteiger partial charge in [0.2, 0.25) is 0 Å². The number of aromatic nitrogens is 2. The van der Waals surface area contributed by atoms with E-state index in [1.807, 2.05) is 24.4 Å². The fraction of sp³-hybridized carbons (Fsp3) is 0.350. The Balaban J connectivity index is 2.21. The van der Waals surface area contributed by atoms with Gasteiger partial charge in [-0.25, -0.2) is 0 Å². The molecule has 0 amide bonds. The van der Waals surface area contributed by atoms with Gasteiger partial charge in [-0.1, -0.05) is 55.7 Å². The fourth-order valence-corrected chi connectivity index (χ4v) is 4.62. The molecule has 0 bridgehead atoms. The summed E-state index contributed by atoms with van der Waals surface area (Å²) in [5, 5.41) is 2.43. The molecule has 0 fully saturated rings. The van der Waals surface area contributed by atoms with E-state index in [0.717, 1.165) is 23.6 Å². The van der Waals surface area contributed by atoms with E-state index in [0.29, 0.717) is 16.0 Å². The molecule has 0 aliphatic heterocycles. The first kappa shape index (κ1) is 18.6. The Hall–Kier alpha value is -1.16. The standard InChI is InChI=1S/C20H22Cl2N2S/c1-5-10-24-13(4)20(25-14-6-7-15(21)16(22)11-14)18-17(24)8-9-23-19(18)12(2)3/h6-9,11-12H,5,10H2,1-4H3. The molecule has 0 atom stereocenters. The third-order valence-corrected chi connectivity index (χ3v) is 6.25. The van der Waals surface area contributed by atoms with Crippen molar-refractivity contribution in [3.63, 3.8) is 0 Å². The molecule has 0 saturated heterocycles. The molecule has 0 unspecified atom stereocenters. The van der Waals surface area contributed by atoms with Crippen LogP contribution in [0.4, 0.5) is 0 Å². The fourth-order valence-electron chi connectivity index (χ4n) is 3.14. The number of fused-ring (bicyclic) bond motifs is 1. The molecule has 3 rings (SSSR count). The average molecular weight is 393 g/mol. The number of pyridine rings is 1. The quantitative estimate of drug-likeness (QED) is 0.451. The highest BCUT2D eigenvalue weighted by Gasteiger charge is 2.20. The van der Waals surface area contributed by atoms with E-state index in [9.17, 15) is 0 Å². The highest BCUT2D eigenvalue weighted by Crippen LogP contribution is 2.42. The van der Waals surface area contributed by atoms with Crippen molar-refractivity contribution in [2.24, 2.45) is 0 Å². The lowest BCUT2D eigenvalue weighted by atomic mass is 10.1. The van der Waals surface area contributed by atoms with Crippen LogP contribution in [0.15, 0.2) is 40.3 Å². The van der Waals surface area contributed by atoms with Gasteiger partial charge in [0.1, 0.15) is 0 Å². The topological polar surface area (TPSA) is 17.8 Å². The third kappa shape index (κ3) is 3.55. The van der Waals surface area contributed by atoms with Crippen molar-refractivity contribution in [2.75, 3.05) is 0 Å². The second-order valence-corrected chi connectivity index (χ2v) is 8.39. The summed E-state index contributed by atoms with van der Waals surface area (Å²) >= 11 is 14.0. The van der Waals surface area contributed by atoms with Crippen molar-refractivity contribution in [3.05, 3.63) is 51.9 Å². The van der Waals surface area contributed by atoms with Crippen LogP contribution in [-0.2, 0) is 6.54 Å². The van der Waals surface area contributed by atoms with Gasteiger partial charge in [0.05, 0.1) is 21.3 Å². The Morgan fingerprint density at radius 1 is 1.16 bits per heavy atom. The number of hydrogen-bond acceptors (Lipinski definition) is 2. The minimum atomic E-state index is 0.369. The van der Waals surface area contributed by atoms with Crippen LogP contribution in [0.3, 0.4) is 0 Å². The van der Waals surface area contributed by atoms with E-state index in [4.69, 9.17) is 23.2 Å². The Bertz CT molecular complexity index is 916. The largest absolute Gasteiger partial charge is 0.344 e. The van der Waals surface area contributed by atoms with Gasteiger partial charge in [0, 0.05) is 33.6 Å². The summed E-state index contributed by atoms with van der Waals surface area (Å²) in [5.74, 6) is 0.369. The monoisotopic (exact) mass is 392 g/mol. The zero-order chi connectivity index (χ0) is 18.1. The molecular formula is C20H22Cl2N2S. The third-order valence-electron chi connectivity index (χ3n) is 4.31. The maximum Gasteiger partial charge on any atom is 0.0603 e. The summed E-state index contributed by atoms with van der Waals surface area (Å²) in [6.07, 6.45) is 3.03. The number of benzene rings is 1. The van der Waals surface area contributed by atoms with E-state index < -0.39 is 0 Å². The molecule has 25 heavy (non-hydrogen) atoms. The average Bonchev–Trinajstić information content (AvgIpc) is 2.84.